The number of carbonyl (C=O) groups excluding carboxylic acids is 8. The zero-order chi connectivity index (χ0) is 66.3. The molecule has 23 heteroatoms. The van der Waals surface area contributed by atoms with Crippen molar-refractivity contribution in [2.24, 2.45) is 11.0 Å². The van der Waals surface area contributed by atoms with Crippen molar-refractivity contribution in [3.8, 4) is 0 Å². The Morgan fingerprint density at radius 3 is 0.789 bits per heavy atom. The highest BCUT2D eigenvalue weighted by atomic mass is 16.8. The number of esters is 8. The minimum atomic E-state index is -1.84. The molecule has 10 rings (SSSR count). The Labute approximate surface area is 543 Å². The molecule has 0 unspecified atom stereocenters. The van der Waals surface area contributed by atoms with Gasteiger partial charge < -0.3 is 56.8 Å². The second kappa shape index (κ2) is 33.3. The second-order valence-electron chi connectivity index (χ2n) is 21.4. The molecular weight excluding hydrogens is 1230 g/mol. The SMILES string of the molecule is [N-]=[N+]=NCC(CO[C@H]1O[C@H](COC(=O)c2ccccc2)[C@@H](OC(=O)c2ccccc2)[C@H](OC(=O)c2ccccc2)[C@@H]1OC(=O)c1ccccc1)CO[C@H]1O[C@H](COC(=O)c2ccccc2)[C@@H](OC(=O)c2ccccc2)[C@H](OC(=O)c2ccccc2)[C@@H]1OC(=O)c1ccccc1. The van der Waals surface area contributed by atoms with Gasteiger partial charge in [-0.15, -0.1) is 0 Å². The molecule has 0 aliphatic carbocycles. The molecule has 0 bridgehead atoms. The van der Waals surface area contributed by atoms with Gasteiger partial charge in [-0.2, -0.15) is 0 Å². The van der Waals surface area contributed by atoms with E-state index in [1.54, 1.807) is 146 Å². The monoisotopic (exact) mass is 1290 g/mol. The van der Waals surface area contributed by atoms with Crippen LogP contribution in [0.15, 0.2) is 248 Å². The molecule has 10 atom stereocenters. The Bertz CT molecular complexity index is 3670. The van der Waals surface area contributed by atoms with Gasteiger partial charge in [0, 0.05) is 17.4 Å². The van der Waals surface area contributed by atoms with E-state index in [0.717, 1.165) is 0 Å². The number of benzene rings is 8. The lowest BCUT2D eigenvalue weighted by molar-refractivity contribution is -0.309. The van der Waals surface area contributed by atoms with E-state index >= 15 is 0 Å². The van der Waals surface area contributed by atoms with E-state index in [1.807, 2.05) is 0 Å². The predicted molar refractivity (Wildman–Crippen MR) is 334 cm³/mol. The van der Waals surface area contributed by atoms with E-state index in [0.29, 0.717) is 0 Å². The highest BCUT2D eigenvalue weighted by Gasteiger charge is 2.56. The molecule has 8 aromatic carbocycles. The maximum absolute atomic E-state index is 14.4. The molecule has 0 N–H and O–H groups in total. The van der Waals surface area contributed by atoms with E-state index < -0.39 is 148 Å². The van der Waals surface area contributed by atoms with Crippen LogP contribution in [0.5, 0.6) is 0 Å². The van der Waals surface area contributed by atoms with E-state index in [2.05, 4.69) is 10.0 Å². The Morgan fingerprint density at radius 1 is 0.326 bits per heavy atom. The summed E-state index contributed by atoms with van der Waals surface area (Å²) >= 11 is 0. The summed E-state index contributed by atoms with van der Waals surface area (Å²) in [6.07, 6.45) is -17.6. The van der Waals surface area contributed by atoms with Crippen LogP contribution in [-0.2, 0) is 56.8 Å². The molecule has 2 aliphatic rings. The zero-order valence-corrected chi connectivity index (χ0v) is 50.5. The van der Waals surface area contributed by atoms with Crippen molar-refractivity contribution < 1.29 is 95.2 Å². The van der Waals surface area contributed by atoms with E-state index in [-0.39, 0.29) is 44.5 Å². The Hall–Kier alpha value is -11.3. The van der Waals surface area contributed by atoms with Crippen LogP contribution in [0, 0.1) is 5.92 Å². The molecule has 0 radical (unpaired) electrons. The summed E-state index contributed by atoms with van der Waals surface area (Å²) < 4.78 is 75.2. The molecule has 2 saturated heterocycles. The summed E-state index contributed by atoms with van der Waals surface area (Å²) in [6, 6.07) is 62.4. The first-order chi connectivity index (χ1) is 46.4. The lowest BCUT2D eigenvalue weighted by Gasteiger charge is -2.45. The number of ether oxygens (including phenoxy) is 12. The van der Waals surface area contributed by atoms with Crippen molar-refractivity contribution in [2.45, 2.75) is 61.4 Å². The molecule has 484 valence electrons. The maximum Gasteiger partial charge on any atom is 0.338 e. The van der Waals surface area contributed by atoms with Crippen LogP contribution in [0.25, 0.3) is 10.4 Å². The first-order valence-electron chi connectivity index (χ1n) is 30.0. The minimum Gasteiger partial charge on any atom is -0.459 e. The number of azide groups is 1. The van der Waals surface area contributed by atoms with Gasteiger partial charge in [-0.05, 0) is 103 Å². The lowest BCUT2D eigenvalue weighted by Crippen LogP contribution is -2.63. The van der Waals surface area contributed by atoms with Crippen molar-refractivity contribution >= 4 is 47.8 Å². The quantitative estimate of drug-likeness (QED) is 0.0160. The predicted octanol–water partition coefficient (Wildman–Crippen LogP) is 10.5. The van der Waals surface area contributed by atoms with Crippen molar-refractivity contribution in [3.63, 3.8) is 0 Å². The van der Waals surface area contributed by atoms with Crippen LogP contribution >= 0.6 is 0 Å². The van der Waals surface area contributed by atoms with E-state index in [9.17, 15) is 43.9 Å². The van der Waals surface area contributed by atoms with Gasteiger partial charge >= 0.3 is 47.8 Å². The Morgan fingerprint density at radius 2 is 0.547 bits per heavy atom. The molecular formula is C72H61N3O20. The van der Waals surface area contributed by atoms with Crippen LogP contribution in [0.3, 0.4) is 0 Å². The average molecular weight is 1290 g/mol. The second-order valence-corrected chi connectivity index (χ2v) is 21.4. The number of hydrogen-bond donors (Lipinski definition) is 0. The van der Waals surface area contributed by atoms with Crippen LogP contribution in [0.1, 0.15) is 82.9 Å². The summed E-state index contributed by atoms with van der Waals surface area (Å²) in [5.74, 6) is -8.54. The van der Waals surface area contributed by atoms with Gasteiger partial charge in [-0.3, -0.25) is 0 Å². The van der Waals surface area contributed by atoms with Crippen LogP contribution < -0.4 is 0 Å². The summed E-state index contributed by atoms with van der Waals surface area (Å²) in [5, 5.41) is 3.82. The molecule has 0 aromatic heterocycles. The number of rotatable bonds is 26. The minimum absolute atomic E-state index is 0.0266. The third kappa shape index (κ3) is 18.0. The molecule has 0 amide bonds. The fraction of sp³-hybridized carbons (Fsp3) is 0.222. The van der Waals surface area contributed by atoms with Crippen LogP contribution in [0.4, 0.5) is 0 Å². The third-order valence-corrected chi connectivity index (χ3v) is 14.9. The summed E-state index contributed by atoms with van der Waals surface area (Å²) in [4.78, 5) is 116. The first-order valence-corrected chi connectivity index (χ1v) is 30.0. The summed E-state index contributed by atoms with van der Waals surface area (Å²) in [5.41, 5.74) is 10.3. The molecule has 0 spiro atoms. The number of carbonyl (C=O) groups is 8. The molecule has 2 aliphatic heterocycles. The zero-order valence-electron chi connectivity index (χ0n) is 50.5. The maximum atomic E-state index is 14.4. The molecule has 2 fully saturated rings. The summed E-state index contributed by atoms with van der Waals surface area (Å²) in [6.45, 7) is -2.96. The van der Waals surface area contributed by atoms with Gasteiger partial charge in [0.2, 0.25) is 0 Å². The van der Waals surface area contributed by atoms with Gasteiger partial charge in [0.15, 0.2) is 49.2 Å². The molecule has 95 heavy (non-hydrogen) atoms. The Balaban J connectivity index is 1.02. The molecule has 23 nitrogen and oxygen atoms in total. The normalized spacial score (nSPS) is 20.4. The van der Waals surface area contributed by atoms with Gasteiger partial charge in [0.25, 0.3) is 0 Å². The standard InChI is InChI=1S/C72H61N3O20/c73-75-74-41-46(42-86-71-61(94-69(82)53-37-21-7-22-38-53)59(92-67(80)51-33-17-5-18-34-51)57(90-65(78)49-29-13-3-14-30-49)55(88-71)44-84-63(76)47-25-9-1-10-26-47)43-87-72-62(95-70(83)54-39-23-8-24-40-54)60(93-68(81)52-35-19-6-20-36-52)58(91-66(79)50-31-15-4-16-32-50)56(89-72)45-85-64(77)48-27-11-2-12-28-48/h1-40,46,55-62,71-72H,41-45H2/t55-,56-,57-,58-,59+,60+,61+,62+,71+,72+/m1/s1. The molecule has 0 saturated carbocycles. The third-order valence-electron chi connectivity index (χ3n) is 14.9. The van der Waals surface area contributed by atoms with Crippen molar-refractivity contribution in [1.82, 2.24) is 0 Å². The molecule has 8 aromatic rings. The fourth-order valence-corrected chi connectivity index (χ4v) is 10.1. The van der Waals surface area contributed by atoms with Crippen LogP contribution in [-0.4, -0.2) is 142 Å². The topological polar surface area (TPSA) is 296 Å². The Kier molecular flexibility index (Phi) is 23.3. The van der Waals surface area contributed by atoms with E-state index in [4.69, 9.17) is 56.8 Å². The van der Waals surface area contributed by atoms with Crippen molar-refractivity contribution in [2.75, 3.05) is 33.0 Å². The number of hydrogen-bond acceptors (Lipinski definition) is 21. The fourth-order valence-electron chi connectivity index (χ4n) is 10.1. The van der Waals surface area contributed by atoms with E-state index in [1.165, 1.54) is 97.1 Å². The van der Waals surface area contributed by atoms with Crippen molar-refractivity contribution in [3.05, 3.63) is 298 Å². The van der Waals surface area contributed by atoms with Crippen LogP contribution in [0.2, 0.25) is 0 Å². The largest absolute Gasteiger partial charge is 0.459 e. The average Bonchev–Trinajstić information content (AvgIpc) is 0.795. The highest BCUT2D eigenvalue weighted by molar-refractivity contribution is 5.93. The van der Waals surface area contributed by atoms with Gasteiger partial charge in [0.1, 0.15) is 25.4 Å². The van der Waals surface area contributed by atoms with Crippen molar-refractivity contribution in [1.29, 1.82) is 0 Å². The highest BCUT2D eigenvalue weighted by Crippen LogP contribution is 2.35. The smallest absolute Gasteiger partial charge is 0.338 e. The first kappa shape index (κ1) is 66.6. The van der Waals surface area contributed by atoms with Gasteiger partial charge in [-0.25, -0.2) is 38.4 Å². The lowest BCUT2D eigenvalue weighted by atomic mass is 9.97. The van der Waals surface area contributed by atoms with Gasteiger partial charge in [-0.1, -0.05) is 151 Å². The van der Waals surface area contributed by atoms with Gasteiger partial charge in [0.05, 0.1) is 57.7 Å². The molecule has 2 heterocycles. The summed E-state index contributed by atoms with van der Waals surface area (Å²) in [7, 11) is 0. The number of nitrogens with zero attached hydrogens (tertiary/aromatic N) is 3.